The summed E-state index contributed by atoms with van der Waals surface area (Å²) in [5, 5.41) is 5.56. The average Bonchev–Trinajstić information content (AvgIpc) is 3.24. The van der Waals surface area contributed by atoms with E-state index in [0.717, 1.165) is 11.8 Å². The summed E-state index contributed by atoms with van der Waals surface area (Å²) < 4.78 is 10.1. The molecule has 2 aromatic heterocycles. The fourth-order valence-electron chi connectivity index (χ4n) is 2.34. The van der Waals surface area contributed by atoms with Gasteiger partial charge in [0.25, 0.3) is 11.5 Å². The van der Waals surface area contributed by atoms with Crippen LogP contribution in [0.4, 0.5) is 17.2 Å². The topological polar surface area (TPSA) is 152 Å². The number of nitrogen functional groups attached to an aromatic ring is 1. The van der Waals surface area contributed by atoms with E-state index in [1.165, 1.54) is 25.5 Å². The Hall–Kier alpha value is -3.44. The number of benzene rings is 1. The highest BCUT2D eigenvalue weighted by atomic mass is 35.5. The molecule has 0 saturated heterocycles. The van der Waals surface area contributed by atoms with Crippen LogP contribution in [0.25, 0.3) is 0 Å². The van der Waals surface area contributed by atoms with Crippen LogP contribution in [-0.2, 0) is 4.79 Å². The number of methoxy groups -OCH3 is 1. The average molecular weight is 450 g/mol. The van der Waals surface area contributed by atoms with Crippen LogP contribution in [0.3, 0.4) is 0 Å². The number of carbonyl (C=O) groups is 2. The van der Waals surface area contributed by atoms with Gasteiger partial charge in [0.2, 0.25) is 5.91 Å². The number of ether oxygens (including phenoxy) is 1. The van der Waals surface area contributed by atoms with Crippen molar-refractivity contribution in [1.82, 2.24) is 9.97 Å². The highest BCUT2D eigenvalue weighted by molar-refractivity contribution is 7.99. The molecule has 2 amide bonds. The first-order valence-electron chi connectivity index (χ1n) is 8.38. The molecular formula is C18H16ClN5O5S. The van der Waals surface area contributed by atoms with Crippen molar-refractivity contribution in [3.63, 3.8) is 0 Å². The lowest BCUT2D eigenvalue weighted by Crippen LogP contribution is -2.23. The van der Waals surface area contributed by atoms with Crippen molar-refractivity contribution in [2.45, 2.75) is 5.16 Å². The molecular weight excluding hydrogens is 434 g/mol. The Labute approximate surface area is 179 Å². The summed E-state index contributed by atoms with van der Waals surface area (Å²) in [6.45, 7) is 0. The molecule has 3 aromatic rings. The molecule has 0 radical (unpaired) electrons. The molecule has 0 bridgehead atoms. The second-order valence-corrected chi connectivity index (χ2v) is 7.14. The Bertz CT molecular complexity index is 1130. The summed E-state index contributed by atoms with van der Waals surface area (Å²) in [6, 6.07) is 7.78. The largest absolute Gasteiger partial charge is 0.495 e. The van der Waals surface area contributed by atoms with E-state index in [1.807, 2.05) is 0 Å². The predicted octanol–water partition coefficient (Wildman–Crippen LogP) is 2.59. The number of furan rings is 1. The number of nitrogens with zero attached hydrogens (tertiary/aromatic N) is 1. The number of thioether (sulfide) groups is 1. The molecule has 3 rings (SSSR count). The van der Waals surface area contributed by atoms with Crippen molar-refractivity contribution in [2.24, 2.45) is 0 Å². The first-order valence-corrected chi connectivity index (χ1v) is 9.74. The lowest BCUT2D eigenvalue weighted by Gasteiger charge is -2.10. The maximum absolute atomic E-state index is 12.3. The third kappa shape index (κ3) is 5.13. The van der Waals surface area contributed by atoms with Gasteiger partial charge in [0, 0.05) is 5.02 Å². The molecule has 30 heavy (non-hydrogen) atoms. The van der Waals surface area contributed by atoms with E-state index in [-0.39, 0.29) is 34.1 Å². The number of hydrogen-bond donors (Lipinski definition) is 4. The van der Waals surface area contributed by atoms with Gasteiger partial charge in [-0.1, -0.05) is 23.4 Å². The summed E-state index contributed by atoms with van der Waals surface area (Å²) in [5.41, 5.74) is 5.32. The molecule has 0 aliphatic carbocycles. The number of hydrogen-bond acceptors (Lipinski definition) is 8. The van der Waals surface area contributed by atoms with Crippen LogP contribution in [0.5, 0.6) is 5.75 Å². The van der Waals surface area contributed by atoms with Crippen molar-refractivity contribution < 1.29 is 18.7 Å². The maximum Gasteiger partial charge on any atom is 0.291 e. The smallest absolute Gasteiger partial charge is 0.291 e. The molecule has 10 nitrogen and oxygen atoms in total. The molecule has 12 heteroatoms. The minimum Gasteiger partial charge on any atom is -0.495 e. The molecule has 0 spiro atoms. The summed E-state index contributed by atoms with van der Waals surface area (Å²) in [4.78, 5) is 43.0. The van der Waals surface area contributed by atoms with Crippen LogP contribution in [0.1, 0.15) is 10.6 Å². The normalized spacial score (nSPS) is 10.5. The number of anilines is 3. The van der Waals surface area contributed by atoms with Crippen molar-refractivity contribution in [2.75, 3.05) is 29.2 Å². The van der Waals surface area contributed by atoms with E-state index in [9.17, 15) is 14.4 Å². The quantitative estimate of drug-likeness (QED) is 0.317. The van der Waals surface area contributed by atoms with Crippen molar-refractivity contribution in [3.8, 4) is 5.75 Å². The Morgan fingerprint density at radius 1 is 1.33 bits per heavy atom. The lowest BCUT2D eigenvalue weighted by atomic mass is 10.3. The van der Waals surface area contributed by atoms with Crippen LogP contribution >= 0.6 is 23.4 Å². The molecule has 0 aliphatic heterocycles. The number of amides is 2. The van der Waals surface area contributed by atoms with Gasteiger partial charge in [-0.25, -0.2) is 4.98 Å². The van der Waals surface area contributed by atoms with Gasteiger partial charge in [0.15, 0.2) is 22.4 Å². The van der Waals surface area contributed by atoms with E-state index in [2.05, 4.69) is 20.6 Å². The van der Waals surface area contributed by atoms with Crippen LogP contribution in [0.15, 0.2) is 51.0 Å². The first kappa shape index (κ1) is 21.3. The number of H-pyrrole nitrogens is 1. The van der Waals surface area contributed by atoms with E-state index in [4.69, 9.17) is 26.5 Å². The zero-order chi connectivity index (χ0) is 21.7. The molecule has 0 saturated carbocycles. The van der Waals surface area contributed by atoms with Gasteiger partial charge in [-0.3, -0.25) is 19.4 Å². The van der Waals surface area contributed by atoms with Crippen LogP contribution in [-0.4, -0.2) is 34.6 Å². The molecule has 0 atom stereocenters. The van der Waals surface area contributed by atoms with E-state index in [0.29, 0.717) is 16.5 Å². The van der Waals surface area contributed by atoms with Gasteiger partial charge in [-0.15, -0.1) is 0 Å². The van der Waals surface area contributed by atoms with Gasteiger partial charge < -0.3 is 25.5 Å². The Morgan fingerprint density at radius 3 is 2.80 bits per heavy atom. The molecule has 5 N–H and O–H groups in total. The fourth-order valence-corrected chi connectivity index (χ4v) is 3.18. The van der Waals surface area contributed by atoms with Crippen molar-refractivity contribution in [1.29, 1.82) is 0 Å². The summed E-state index contributed by atoms with van der Waals surface area (Å²) in [5.74, 6) is -0.828. The van der Waals surface area contributed by atoms with E-state index >= 15 is 0 Å². The Kier molecular flexibility index (Phi) is 6.65. The zero-order valence-corrected chi connectivity index (χ0v) is 17.1. The highest BCUT2D eigenvalue weighted by Gasteiger charge is 2.16. The number of aromatic nitrogens is 2. The van der Waals surface area contributed by atoms with Crippen molar-refractivity contribution >= 4 is 52.4 Å². The minimum absolute atomic E-state index is 0.0142. The van der Waals surface area contributed by atoms with Crippen LogP contribution < -0.4 is 26.7 Å². The number of nitrogens with one attached hydrogen (secondary N) is 3. The number of carbonyl (C=O) groups excluding carboxylic acids is 2. The highest BCUT2D eigenvalue weighted by Crippen LogP contribution is 2.28. The summed E-state index contributed by atoms with van der Waals surface area (Å²) in [7, 11) is 1.47. The van der Waals surface area contributed by atoms with Crippen molar-refractivity contribution in [3.05, 3.63) is 57.7 Å². The second-order valence-electron chi connectivity index (χ2n) is 5.74. The standard InChI is InChI=1S/C18H16ClN5O5S/c1-28-11-5-4-9(19)7-10(11)21-13(25)8-30-18-23-15(20)14(17(27)24-18)22-16(26)12-3-2-6-29-12/h2-7H,8H2,1H3,(H,21,25)(H,22,26)(H3,20,23,24,27). The SMILES string of the molecule is COc1ccc(Cl)cc1NC(=O)CSc1nc(N)c(NC(=O)c2ccco2)c(=O)[nH]1. The van der Waals surface area contributed by atoms with Crippen LogP contribution in [0, 0.1) is 0 Å². The summed E-state index contributed by atoms with van der Waals surface area (Å²) >= 11 is 6.89. The number of halogens is 1. The first-order chi connectivity index (χ1) is 14.4. The summed E-state index contributed by atoms with van der Waals surface area (Å²) in [6.07, 6.45) is 1.32. The number of aromatic amines is 1. The van der Waals surface area contributed by atoms with Gasteiger partial charge in [0.1, 0.15) is 5.75 Å². The van der Waals surface area contributed by atoms with Gasteiger partial charge in [-0.2, -0.15) is 0 Å². The van der Waals surface area contributed by atoms with E-state index in [1.54, 1.807) is 18.2 Å². The predicted molar refractivity (Wildman–Crippen MR) is 113 cm³/mol. The lowest BCUT2D eigenvalue weighted by molar-refractivity contribution is -0.113. The molecule has 156 valence electrons. The molecule has 0 fully saturated rings. The molecule has 0 unspecified atom stereocenters. The second kappa shape index (κ2) is 9.37. The number of nitrogens with two attached hydrogens (primary N) is 1. The number of rotatable bonds is 7. The molecule has 1 aromatic carbocycles. The fraction of sp³-hybridized carbons (Fsp3) is 0.111. The van der Waals surface area contributed by atoms with E-state index < -0.39 is 11.5 Å². The Balaban J connectivity index is 1.65. The monoisotopic (exact) mass is 449 g/mol. The van der Waals surface area contributed by atoms with Gasteiger partial charge >= 0.3 is 0 Å². The van der Waals surface area contributed by atoms with Gasteiger partial charge in [0.05, 0.1) is 24.8 Å². The molecule has 2 heterocycles. The third-order valence-electron chi connectivity index (χ3n) is 3.68. The molecule has 0 aliphatic rings. The maximum atomic E-state index is 12.3. The Morgan fingerprint density at radius 2 is 2.13 bits per heavy atom. The van der Waals surface area contributed by atoms with Gasteiger partial charge in [-0.05, 0) is 30.3 Å². The third-order valence-corrected chi connectivity index (χ3v) is 4.79. The minimum atomic E-state index is -0.665. The van der Waals surface area contributed by atoms with Crippen LogP contribution in [0.2, 0.25) is 5.02 Å². The zero-order valence-electron chi connectivity index (χ0n) is 15.5.